The van der Waals surface area contributed by atoms with Crippen molar-refractivity contribution in [1.82, 2.24) is 0 Å². The first-order chi connectivity index (χ1) is 8.99. The molecule has 0 spiro atoms. The summed E-state index contributed by atoms with van der Waals surface area (Å²) in [6.07, 6.45) is 0. The zero-order chi connectivity index (χ0) is 14.0. The largest absolute Gasteiger partial charge is 0.322 e. The van der Waals surface area contributed by atoms with Gasteiger partial charge in [0, 0.05) is 10.2 Å². The van der Waals surface area contributed by atoms with E-state index in [1.54, 1.807) is 25.1 Å². The van der Waals surface area contributed by atoms with Crippen molar-refractivity contribution in [2.45, 2.75) is 6.92 Å². The lowest BCUT2D eigenvalue weighted by Gasteiger charge is -2.08. The minimum atomic E-state index is -0.639. The molecule has 98 valence electrons. The van der Waals surface area contributed by atoms with Crippen LogP contribution in [0.2, 0.25) is 0 Å². The topological polar surface area (TPSA) is 29.1 Å². The molecule has 0 aliphatic rings. The highest BCUT2D eigenvalue weighted by Crippen LogP contribution is 2.21. The predicted octanol–water partition coefficient (Wildman–Crippen LogP) is 4.29. The number of hydrogen-bond donors (Lipinski definition) is 1. The number of carbonyl (C=O) groups is 1. The van der Waals surface area contributed by atoms with Crippen molar-refractivity contribution in [2.24, 2.45) is 0 Å². The number of halogens is 3. The van der Waals surface area contributed by atoms with Gasteiger partial charge < -0.3 is 5.32 Å². The molecule has 0 saturated carbocycles. The molecule has 1 N–H and O–H groups in total. The maximum absolute atomic E-state index is 13.6. The van der Waals surface area contributed by atoms with E-state index in [0.29, 0.717) is 10.0 Å². The second-order valence-corrected chi connectivity index (χ2v) is 4.87. The van der Waals surface area contributed by atoms with Crippen LogP contribution in [0.1, 0.15) is 15.9 Å². The molecule has 0 bridgehead atoms. The Kier molecular flexibility index (Phi) is 3.95. The minimum absolute atomic E-state index is 0.108. The Hall–Kier alpha value is -1.75. The lowest BCUT2D eigenvalue weighted by molar-refractivity contribution is 0.102. The molecule has 0 fully saturated rings. The Morgan fingerprint density at radius 1 is 1.16 bits per heavy atom. The summed E-state index contributed by atoms with van der Waals surface area (Å²) in [7, 11) is 0. The number of carbonyl (C=O) groups excluding carboxylic acids is 1. The van der Waals surface area contributed by atoms with Crippen molar-refractivity contribution in [3.05, 3.63) is 63.6 Å². The molecule has 5 heteroatoms. The second kappa shape index (κ2) is 5.48. The van der Waals surface area contributed by atoms with Gasteiger partial charge in [-0.25, -0.2) is 8.78 Å². The molecule has 0 aromatic heterocycles. The smallest absolute Gasteiger partial charge is 0.259 e. The number of hydrogen-bond acceptors (Lipinski definition) is 1. The molecule has 0 aliphatic heterocycles. The fraction of sp³-hybridized carbons (Fsp3) is 0.0714. The third-order valence-corrected chi connectivity index (χ3v) is 3.28. The van der Waals surface area contributed by atoms with Crippen LogP contribution in [0.3, 0.4) is 0 Å². The highest BCUT2D eigenvalue weighted by Gasteiger charge is 2.15. The first-order valence-corrected chi connectivity index (χ1v) is 6.30. The number of nitrogens with one attached hydrogen (secondary N) is 1. The van der Waals surface area contributed by atoms with Crippen molar-refractivity contribution in [3.8, 4) is 0 Å². The van der Waals surface area contributed by atoms with Gasteiger partial charge in [-0.3, -0.25) is 4.79 Å². The van der Waals surface area contributed by atoms with Crippen LogP contribution >= 0.6 is 15.9 Å². The zero-order valence-corrected chi connectivity index (χ0v) is 11.6. The Balaban J connectivity index is 2.28. The number of amides is 1. The molecule has 19 heavy (non-hydrogen) atoms. The molecule has 2 nitrogen and oxygen atoms in total. The van der Waals surface area contributed by atoms with Gasteiger partial charge >= 0.3 is 0 Å². The van der Waals surface area contributed by atoms with E-state index in [4.69, 9.17) is 0 Å². The maximum atomic E-state index is 13.6. The zero-order valence-electron chi connectivity index (χ0n) is 10.0. The summed E-state index contributed by atoms with van der Waals surface area (Å²) in [5, 5.41) is 2.46. The third-order valence-electron chi connectivity index (χ3n) is 2.62. The number of rotatable bonds is 2. The van der Waals surface area contributed by atoms with Crippen molar-refractivity contribution >= 4 is 27.5 Å². The first-order valence-electron chi connectivity index (χ1n) is 5.50. The van der Waals surface area contributed by atoms with E-state index in [-0.39, 0.29) is 11.3 Å². The number of anilines is 1. The Morgan fingerprint density at radius 3 is 2.53 bits per heavy atom. The molecule has 0 saturated heterocycles. The van der Waals surface area contributed by atoms with E-state index in [1.165, 1.54) is 18.2 Å². The van der Waals surface area contributed by atoms with Crippen LogP contribution in [-0.4, -0.2) is 5.91 Å². The van der Waals surface area contributed by atoms with Crippen LogP contribution in [0.4, 0.5) is 14.5 Å². The van der Waals surface area contributed by atoms with Gasteiger partial charge in [0.2, 0.25) is 0 Å². The molecule has 0 radical (unpaired) electrons. The van der Waals surface area contributed by atoms with Gasteiger partial charge in [-0.05, 0) is 52.7 Å². The monoisotopic (exact) mass is 325 g/mol. The molecule has 2 aromatic rings. The van der Waals surface area contributed by atoms with E-state index in [2.05, 4.69) is 21.2 Å². The van der Waals surface area contributed by atoms with Crippen molar-refractivity contribution < 1.29 is 13.6 Å². The lowest BCUT2D eigenvalue weighted by atomic mass is 10.1. The molecular formula is C14H10BrF2NO. The van der Waals surface area contributed by atoms with E-state index < -0.39 is 17.5 Å². The second-order valence-electron chi connectivity index (χ2n) is 4.01. The maximum Gasteiger partial charge on any atom is 0.259 e. The Bertz CT molecular complexity index is 623. The average Bonchev–Trinajstić information content (AvgIpc) is 2.33. The predicted molar refractivity (Wildman–Crippen MR) is 73.2 cm³/mol. The van der Waals surface area contributed by atoms with E-state index in [0.717, 1.165) is 0 Å². The van der Waals surface area contributed by atoms with E-state index >= 15 is 0 Å². The fourth-order valence-electron chi connectivity index (χ4n) is 1.58. The summed E-state index contributed by atoms with van der Waals surface area (Å²) in [5.74, 6) is -1.70. The highest BCUT2D eigenvalue weighted by atomic mass is 79.9. The van der Waals surface area contributed by atoms with Gasteiger partial charge in [0.15, 0.2) is 0 Å². The van der Waals surface area contributed by atoms with E-state index in [1.807, 2.05) is 0 Å². The quantitative estimate of drug-likeness (QED) is 0.876. The summed E-state index contributed by atoms with van der Waals surface area (Å²) >= 11 is 3.11. The molecule has 0 unspecified atom stereocenters. The van der Waals surface area contributed by atoms with Gasteiger partial charge in [0.1, 0.15) is 11.6 Å². The summed E-state index contributed by atoms with van der Waals surface area (Å²) in [6.45, 7) is 1.62. The van der Waals surface area contributed by atoms with Crippen LogP contribution in [0.15, 0.2) is 40.9 Å². The normalized spacial score (nSPS) is 10.3. The molecule has 0 aliphatic carbocycles. The molecule has 2 aromatic carbocycles. The van der Waals surface area contributed by atoms with Crippen LogP contribution < -0.4 is 5.32 Å². The first kappa shape index (κ1) is 13.7. The highest BCUT2D eigenvalue weighted by molar-refractivity contribution is 9.10. The van der Waals surface area contributed by atoms with Gasteiger partial charge in [0.05, 0.1) is 5.56 Å². The lowest BCUT2D eigenvalue weighted by Crippen LogP contribution is -2.14. The summed E-state index contributed by atoms with van der Waals surface area (Å²) in [4.78, 5) is 11.9. The molecule has 0 heterocycles. The van der Waals surface area contributed by atoms with Crippen molar-refractivity contribution in [3.63, 3.8) is 0 Å². The van der Waals surface area contributed by atoms with Gasteiger partial charge in [-0.15, -0.1) is 0 Å². The molecule has 0 atom stereocenters. The van der Waals surface area contributed by atoms with Gasteiger partial charge in [0.25, 0.3) is 5.91 Å². The molecule has 1 amide bonds. The summed E-state index contributed by atoms with van der Waals surface area (Å²) < 4.78 is 27.3. The van der Waals surface area contributed by atoms with Crippen molar-refractivity contribution in [2.75, 3.05) is 5.32 Å². The summed E-state index contributed by atoms with van der Waals surface area (Å²) in [5.41, 5.74) is 0.650. The number of benzene rings is 2. The molecule has 2 rings (SSSR count). The Morgan fingerprint density at radius 2 is 1.89 bits per heavy atom. The van der Waals surface area contributed by atoms with Crippen LogP contribution in [0.5, 0.6) is 0 Å². The standard InChI is InChI=1S/C14H10BrF2NO/c1-8-5-6-9(7-12(8)17)18-14(19)13-10(15)3-2-4-11(13)16/h2-7H,1H3,(H,18,19). The van der Waals surface area contributed by atoms with E-state index in [9.17, 15) is 13.6 Å². The molecular weight excluding hydrogens is 316 g/mol. The SMILES string of the molecule is Cc1ccc(NC(=O)c2c(F)cccc2Br)cc1F. The average molecular weight is 326 g/mol. The van der Waals surface area contributed by atoms with Crippen LogP contribution in [-0.2, 0) is 0 Å². The van der Waals surface area contributed by atoms with Crippen LogP contribution in [0, 0.1) is 18.6 Å². The fourth-order valence-corrected chi connectivity index (χ4v) is 2.10. The van der Waals surface area contributed by atoms with Gasteiger partial charge in [-0.1, -0.05) is 12.1 Å². The number of aryl methyl sites for hydroxylation is 1. The van der Waals surface area contributed by atoms with Crippen molar-refractivity contribution in [1.29, 1.82) is 0 Å². The van der Waals surface area contributed by atoms with Gasteiger partial charge in [-0.2, -0.15) is 0 Å². The van der Waals surface area contributed by atoms with Crippen LogP contribution in [0.25, 0.3) is 0 Å². The Labute approximate surface area is 117 Å². The minimum Gasteiger partial charge on any atom is -0.322 e. The summed E-state index contributed by atoms with van der Waals surface area (Å²) in [6, 6.07) is 8.54. The third kappa shape index (κ3) is 2.98.